The zero-order valence-corrected chi connectivity index (χ0v) is 10.6. The second-order valence-electron chi connectivity index (χ2n) is 4.21. The van der Waals surface area contributed by atoms with E-state index in [1.54, 1.807) is 16.5 Å². The number of aromatic nitrogens is 2. The molecule has 0 saturated carbocycles. The third-order valence-corrected chi connectivity index (χ3v) is 2.92. The summed E-state index contributed by atoms with van der Waals surface area (Å²) in [4.78, 5) is 4.43. The van der Waals surface area contributed by atoms with Crippen molar-refractivity contribution in [3.63, 3.8) is 0 Å². The van der Waals surface area contributed by atoms with Gasteiger partial charge in [-0.2, -0.15) is 0 Å². The van der Waals surface area contributed by atoms with Crippen molar-refractivity contribution in [1.82, 2.24) is 9.38 Å². The lowest BCUT2D eigenvalue weighted by Gasteiger charge is -2.02. The first-order valence-corrected chi connectivity index (χ1v) is 6.18. The Morgan fingerprint density at radius 2 is 2.00 bits per heavy atom. The summed E-state index contributed by atoms with van der Waals surface area (Å²) in [6.45, 7) is 2.61. The van der Waals surface area contributed by atoms with E-state index in [0.29, 0.717) is 12.3 Å². The van der Waals surface area contributed by atoms with Crippen LogP contribution in [-0.4, -0.2) is 21.1 Å². The first-order chi connectivity index (χ1) is 9.28. The number of aromatic hydroxyl groups is 1. The summed E-state index contributed by atoms with van der Waals surface area (Å²) in [5.74, 6) is 1.03. The first kappa shape index (κ1) is 11.6. The second-order valence-corrected chi connectivity index (χ2v) is 4.21. The van der Waals surface area contributed by atoms with Crippen LogP contribution in [0.5, 0.6) is 11.5 Å². The third-order valence-electron chi connectivity index (χ3n) is 2.92. The molecule has 0 amide bonds. The molecule has 0 saturated heterocycles. The van der Waals surface area contributed by atoms with Crippen LogP contribution in [0.25, 0.3) is 16.9 Å². The van der Waals surface area contributed by atoms with Crippen molar-refractivity contribution >= 4 is 5.65 Å². The van der Waals surface area contributed by atoms with Gasteiger partial charge in [0, 0.05) is 18.0 Å². The Bertz CT molecular complexity index is 702. The molecule has 4 heteroatoms. The molecule has 2 heterocycles. The first-order valence-electron chi connectivity index (χ1n) is 6.18. The predicted octanol–water partition coefficient (Wildman–Crippen LogP) is 3.11. The normalized spacial score (nSPS) is 10.8. The fourth-order valence-electron chi connectivity index (χ4n) is 2.03. The summed E-state index contributed by atoms with van der Waals surface area (Å²) in [6.07, 6.45) is 3.75. The van der Waals surface area contributed by atoms with Crippen LogP contribution in [0.2, 0.25) is 0 Å². The summed E-state index contributed by atoms with van der Waals surface area (Å²) in [5, 5.41) is 9.74. The highest BCUT2D eigenvalue weighted by atomic mass is 16.5. The van der Waals surface area contributed by atoms with E-state index in [-0.39, 0.29) is 5.75 Å². The Labute approximate surface area is 110 Å². The van der Waals surface area contributed by atoms with E-state index in [2.05, 4.69) is 4.98 Å². The van der Waals surface area contributed by atoms with Gasteiger partial charge < -0.3 is 14.2 Å². The molecule has 3 aromatic rings. The maximum atomic E-state index is 9.74. The molecular formula is C15H14N2O2. The number of rotatable bonds is 3. The lowest BCUT2D eigenvalue weighted by molar-refractivity contribution is 0.340. The third kappa shape index (κ3) is 2.12. The maximum Gasteiger partial charge on any atom is 0.180 e. The number of benzene rings is 1. The van der Waals surface area contributed by atoms with Crippen molar-refractivity contribution in [1.29, 1.82) is 0 Å². The van der Waals surface area contributed by atoms with Gasteiger partial charge in [-0.25, -0.2) is 4.98 Å². The molecule has 0 bridgehead atoms. The molecule has 96 valence electrons. The summed E-state index contributed by atoms with van der Waals surface area (Å²) < 4.78 is 7.22. The highest BCUT2D eigenvalue weighted by Crippen LogP contribution is 2.25. The van der Waals surface area contributed by atoms with Gasteiger partial charge in [0.05, 0.1) is 12.3 Å². The highest BCUT2D eigenvalue weighted by Gasteiger charge is 2.07. The fraction of sp³-hybridized carbons (Fsp3) is 0.133. The van der Waals surface area contributed by atoms with Gasteiger partial charge in [-0.15, -0.1) is 0 Å². The smallest absolute Gasteiger partial charge is 0.180 e. The van der Waals surface area contributed by atoms with E-state index < -0.39 is 0 Å². The van der Waals surface area contributed by atoms with Crippen molar-refractivity contribution in [2.24, 2.45) is 0 Å². The van der Waals surface area contributed by atoms with Gasteiger partial charge in [0.2, 0.25) is 0 Å². The largest absolute Gasteiger partial charge is 0.504 e. The molecule has 19 heavy (non-hydrogen) atoms. The van der Waals surface area contributed by atoms with E-state index in [1.165, 1.54) is 0 Å². The Morgan fingerprint density at radius 3 is 2.68 bits per heavy atom. The monoisotopic (exact) mass is 254 g/mol. The van der Waals surface area contributed by atoms with Crippen LogP contribution in [0.4, 0.5) is 0 Å². The molecule has 0 radical (unpaired) electrons. The van der Waals surface area contributed by atoms with Crippen LogP contribution < -0.4 is 4.74 Å². The van der Waals surface area contributed by atoms with E-state index in [1.807, 2.05) is 43.6 Å². The van der Waals surface area contributed by atoms with Gasteiger partial charge in [-0.1, -0.05) is 0 Å². The molecule has 2 aromatic heterocycles. The van der Waals surface area contributed by atoms with E-state index in [0.717, 1.165) is 17.0 Å². The van der Waals surface area contributed by atoms with E-state index in [4.69, 9.17) is 4.74 Å². The molecule has 0 aliphatic carbocycles. The second kappa shape index (κ2) is 4.65. The minimum atomic E-state index is 0.180. The molecule has 0 spiro atoms. The molecule has 0 unspecified atom stereocenters. The number of imidazole rings is 1. The van der Waals surface area contributed by atoms with E-state index >= 15 is 0 Å². The quantitative estimate of drug-likeness (QED) is 0.781. The van der Waals surface area contributed by atoms with Crippen molar-refractivity contribution < 1.29 is 9.84 Å². The molecular weight excluding hydrogens is 240 g/mol. The average molecular weight is 254 g/mol. The van der Waals surface area contributed by atoms with Crippen molar-refractivity contribution in [2.75, 3.05) is 6.61 Å². The van der Waals surface area contributed by atoms with Crippen LogP contribution in [0.15, 0.2) is 48.8 Å². The van der Waals surface area contributed by atoms with Gasteiger partial charge in [0.15, 0.2) is 11.4 Å². The van der Waals surface area contributed by atoms with Crippen LogP contribution >= 0.6 is 0 Å². The Hall–Kier alpha value is -2.49. The highest BCUT2D eigenvalue weighted by molar-refractivity contribution is 5.66. The molecule has 0 atom stereocenters. The average Bonchev–Trinajstić information content (AvgIpc) is 2.85. The molecule has 3 rings (SSSR count). The Kier molecular flexibility index (Phi) is 2.83. The zero-order chi connectivity index (χ0) is 13.2. The predicted molar refractivity (Wildman–Crippen MR) is 73.5 cm³/mol. The molecule has 0 aliphatic heterocycles. The maximum absolute atomic E-state index is 9.74. The molecule has 1 aromatic carbocycles. The minimum Gasteiger partial charge on any atom is -0.504 e. The summed E-state index contributed by atoms with van der Waals surface area (Å²) >= 11 is 0. The number of pyridine rings is 1. The zero-order valence-electron chi connectivity index (χ0n) is 10.6. The molecule has 0 aliphatic rings. The van der Waals surface area contributed by atoms with Crippen molar-refractivity contribution in [2.45, 2.75) is 6.92 Å². The lowest BCUT2D eigenvalue weighted by Crippen LogP contribution is -1.90. The number of ether oxygens (including phenoxy) is 1. The molecule has 1 N–H and O–H groups in total. The van der Waals surface area contributed by atoms with Crippen LogP contribution in [-0.2, 0) is 0 Å². The van der Waals surface area contributed by atoms with Gasteiger partial charge in [-0.3, -0.25) is 0 Å². The van der Waals surface area contributed by atoms with E-state index in [9.17, 15) is 5.11 Å². The number of hydrogen-bond acceptors (Lipinski definition) is 3. The summed E-state index contributed by atoms with van der Waals surface area (Å²) in [5.41, 5.74) is 2.38. The van der Waals surface area contributed by atoms with Gasteiger partial charge >= 0.3 is 0 Å². The minimum absolute atomic E-state index is 0.180. The van der Waals surface area contributed by atoms with Crippen LogP contribution in [0.3, 0.4) is 0 Å². The number of hydrogen-bond donors (Lipinski definition) is 1. The SMILES string of the molecule is CCOc1ccc(-c2cn3cccc(O)c3n2)cc1. The topological polar surface area (TPSA) is 46.8 Å². The van der Waals surface area contributed by atoms with Gasteiger partial charge in [0.25, 0.3) is 0 Å². The van der Waals surface area contributed by atoms with Crippen molar-refractivity contribution in [3.05, 3.63) is 48.8 Å². The van der Waals surface area contributed by atoms with Gasteiger partial charge in [-0.05, 0) is 43.3 Å². The molecule has 4 nitrogen and oxygen atoms in total. The molecule has 0 fully saturated rings. The van der Waals surface area contributed by atoms with Crippen LogP contribution in [0, 0.1) is 0 Å². The van der Waals surface area contributed by atoms with Crippen molar-refractivity contribution in [3.8, 4) is 22.8 Å². The fourth-order valence-corrected chi connectivity index (χ4v) is 2.03. The van der Waals surface area contributed by atoms with Crippen LogP contribution in [0.1, 0.15) is 6.92 Å². The Morgan fingerprint density at radius 1 is 1.21 bits per heavy atom. The Balaban J connectivity index is 2.01. The number of nitrogens with zero attached hydrogens (tertiary/aromatic N) is 2. The number of fused-ring (bicyclic) bond motifs is 1. The standard InChI is InChI=1S/C15H14N2O2/c1-2-19-12-7-5-11(6-8-12)13-10-17-9-3-4-14(18)15(17)16-13/h3-10,18H,2H2,1H3. The lowest BCUT2D eigenvalue weighted by atomic mass is 10.2. The summed E-state index contributed by atoms with van der Waals surface area (Å²) in [6, 6.07) is 11.2. The summed E-state index contributed by atoms with van der Waals surface area (Å²) in [7, 11) is 0. The van der Waals surface area contributed by atoms with Gasteiger partial charge in [0.1, 0.15) is 5.75 Å².